The van der Waals surface area contributed by atoms with Gasteiger partial charge in [-0.15, -0.1) is 6.58 Å². The standard InChI is InChI=1S/C15H22O/c1-5-13(4)15(12(2)3)16-11-14-9-7-6-8-10-14/h5-10,12-13,15H,1,11H2,2-4H3/t13-,15+/m1/s1. The highest BCUT2D eigenvalue weighted by Crippen LogP contribution is 2.19. The zero-order valence-electron chi connectivity index (χ0n) is 10.5. The topological polar surface area (TPSA) is 9.23 Å². The van der Waals surface area contributed by atoms with Gasteiger partial charge in [-0.25, -0.2) is 0 Å². The van der Waals surface area contributed by atoms with Gasteiger partial charge in [0.1, 0.15) is 0 Å². The molecule has 1 heteroatoms. The van der Waals surface area contributed by atoms with Crippen LogP contribution in [0.5, 0.6) is 0 Å². The molecule has 0 unspecified atom stereocenters. The minimum absolute atomic E-state index is 0.248. The molecule has 0 radical (unpaired) electrons. The van der Waals surface area contributed by atoms with Gasteiger partial charge in [-0.05, 0) is 11.5 Å². The van der Waals surface area contributed by atoms with Crippen LogP contribution in [-0.2, 0) is 11.3 Å². The second-order valence-corrected chi connectivity index (χ2v) is 4.60. The lowest BCUT2D eigenvalue weighted by Gasteiger charge is -2.25. The first kappa shape index (κ1) is 13.0. The predicted molar refractivity (Wildman–Crippen MR) is 69.2 cm³/mol. The van der Waals surface area contributed by atoms with Crippen LogP contribution in [0.15, 0.2) is 43.0 Å². The van der Waals surface area contributed by atoms with Crippen LogP contribution in [0.1, 0.15) is 26.3 Å². The first-order valence-corrected chi connectivity index (χ1v) is 5.93. The smallest absolute Gasteiger partial charge is 0.0721 e. The number of benzene rings is 1. The molecule has 1 nitrogen and oxygen atoms in total. The first-order valence-electron chi connectivity index (χ1n) is 5.93. The molecule has 0 amide bonds. The van der Waals surface area contributed by atoms with Gasteiger partial charge in [0, 0.05) is 5.92 Å². The maximum atomic E-state index is 5.97. The molecule has 0 saturated carbocycles. The fraction of sp³-hybridized carbons (Fsp3) is 0.467. The van der Waals surface area contributed by atoms with E-state index >= 15 is 0 Å². The number of hydrogen-bond donors (Lipinski definition) is 0. The maximum Gasteiger partial charge on any atom is 0.0721 e. The molecule has 0 saturated heterocycles. The summed E-state index contributed by atoms with van der Waals surface area (Å²) in [6, 6.07) is 10.3. The van der Waals surface area contributed by atoms with E-state index in [0.29, 0.717) is 18.4 Å². The van der Waals surface area contributed by atoms with E-state index in [1.54, 1.807) is 0 Å². The summed E-state index contributed by atoms with van der Waals surface area (Å²) >= 11 is 0. The van der Waals surface area contributed by atoms with E-state index < -0.39 is 0 Å². The Morgan fingerprint density at radius 1 is 1.19 bits per heavy atom. The van der Waals surface area contributed by atoms with Crippen LogP contribution in [0.4, 0.5) is 0 Å². The van der Waals surface area contributed by atoms with E-state index in [0.717, 1.165) is 0 Å². The van der Waals surface area contributed by atoms with E-state index in [9.17, 15) is 0 Å². The van der Waals surface area contributed by atoms with Gasteiger partial charge in [0.05, 0.1) is 12.7 Å². The molecule has 0 aliphatic rings. The fourth-order valence-electron chi connectivity index (χ4n) is 1.85. The summed E-state index contributed by atoms with van der Waals surface area (Å²) in [7, 11) is 0. The number of rotatable bonds is 6. The van der Waals surface area contributed by atoms with E-state index in [-0.39, 0.29) is 6.10 Å². The van der Waals surface area contributed by atoms with Gasteiger partial charge < -0.3 is 4.74 Å². The average molecular weight is 218 g/mol. The molecular weight excluding hydrogens is 196 g/mol. The minimum Gasteiger partial charge on any atom is -0.373 e. The Balaban J connectivity index is 2.54. The number of ether oxygens (including phenoxy) is 1. The van der Waals surface area contributed by atoms with Crippen LogP contribution in [0, 0.1) is 11.8 Å². The molecular formula is C15H22O. The van der Waals surface area contributed by atoms with Crippen LogP contribution in [0.2, 0.25) is 0 Å². The minimum atomic E-state index is 0.248. The average Bonchev–Trinajstić information content (AvgIpc) is 2.30. The van der Waals surface area contributed by atoms with Crippen molar-refractivity contribution in [3.05, 3.63) is 48.6 Å². The maximum absolute atomic E-state index is 5.97. The molecule has 0 N–H and O–H groups in total. The Morgan fingerprint density at radius 2 is 1.81 bits per heavy atom. The van der Waals surface area contributed by atoms with E-state index in [1.165, 1.54) is 5.56 Å². The third-order valence-corrected chi connectivity index (χ3v) is 2.83. The summed E-state index contributed by atoms with van der Waals surface area (Å²) in [5.74, 6) is 0.903. The molecule has 0 heterocycles. The van der Waals surface area contributed by atoms with Crippen molar-refractivity contribution in [3.63, 3.8) is 0 Å². The Hall–Kier alpha value is -1.08. The lowest BCUT2D eigenvalue weighted by atomic mass is 9.95. The van der Waals surface area contributed by atoms with Gasteiger partial charge in [-0.3, -0.25) is 0 Å². The van der Waals surface area contributed by atoms with Crippen LogP contribution in [0.3, 0.4) is 0 Å². The Labute approximate surface area is 99.1 Å². The molecule has 0 fully saturated rings. The van der Waals surface area contributed by atoms with Crippen molar-refractivity contribution in [3.8, 4) is 0 Å². The summed E-state index contributed by atoms with van der Waals surface area (Å²) in [5.41, 5.74) is 1.23. The molecule has 0 aliphatic carbocycles. The van der Waals surface area contributed by atoms with Crippen LogP contribution >= 0.6 is 0 Å². The molecule has 2 atom stereocenters. The molecule has 1 rings (SSSR count). The second kappa shape index (κ2) is 6.49. The van der Waals surface area contributed by atoms with Crippen molar-refractivity contribution in [2.45, 2.75) is 33.5 Å². The van der Waals surface area contributed by atoms with Crippen LogP contribution < -0.4 is 0 Å². The second-order valence-electron chi connectivity index (χ2n) is 4.60. The van der Waals surface area contributed by atoms with Crippen molar-refractivity contribution in [2.75, 3.05) is 0 Å². The summed E-state index contributed by atoms with van der Waals surface area (Å²) in [6.45, 7) is 11.1. The molecule has 1 aromatic rings. The first-order chi connectivity index (χ1) is 7.65. The SMILES string of the molecule is C=C[C@@H](C)[C@@H](OCc1ccccc1)C(C)C. The third kappa shape index (κ3) is 3.82. The summed E-state index contributed by atoms with van der Waals surface area (Å²) in [6.07, 6.45) is 2.22. The summed E-state index contributed by atoms with van der Waals surface area (Å²) in [4.78, 5) is 0. The molecule has 88 valence electrons. The van der Waals surface area contributed by atoms with Gasteiger partial charge in [-0.1, -0.05) is 57.2 Å². The summed E-state index contributed by atoms with van der Waals surface area (Å²) < 4.78 is 5.97. The van der Waals surface area contributed by atoms with Crippen molar-refractivity contribution in [1.29, 1.82) is 0 Å². The van der Waals surface area contributed by atoms with E-state index in [4.69, 9.17) is 4.74 Å². The van der Waals surface area contributed by atoms with Crippen molar-refractivity contribution >= 4 is 0 Å². The molecule has 16 heavy (non-hydrogen) atoms. The Kier molecular flexibility index (Phi) is 5.27. The highest BCUT2D eigenvalue weighted by atomic mass is 16.5. The highest BCUT2D eigenvalue weighted by Gasteiger charge is 2.18. The monoisotopic (exact) mass is 218 g/mol. The lowest BCUT2D eigenvalue weighted by Crippen LogP contribution is -2.26. The normalized spacial score (nSPS) is 14.8. The van der Waals surface area contributed by atoms with Crippen molar-refractivity contribution < 1.29 is 4.74 Å². The molecule has 0 aromatic heterocycles. The van der Waals surface area contributed by atoms with Gasteiger partial charge in [0.2, 0.25) is 0 Å². The molecule has 0 aliphatic heterocycles. The lowest BCUT2D eigenvalue weighted by molar-refractivity contribution is -0.0116. The molecule has 0 bridgehead atoms. The van der Waals surface area contributed by atoms with Gasteiger partial charge in [0.25, 0.3) is 0 Å². The van der Waals surface area contributed by atoms with E-state index in [1.807, 2.05) is 24.3 Å². The van der Waals surface area contributed by atoms with Gasteiger partial charge in [-0.2, -0.15) is 0 Å². The van der Waals surface area contributed by atoms with Crippen LogP contribution in [-0.4, -0.2) is 6.10 Å². The van der Waals surface area contributed by atoms with Crippen LogP contribution in [0.25, 0.3) is 0 Å². The highest BCUT2D eigenvalue weighted by molar-refractivity contribution is 5.13. The third-order valence-electron chi connectivity index (χ3n) is 2.83. The van der Waals surface area contributed by atoms with Crippen molar-refractivity contribution in [1.82, 2.24) is 0 Å². The largest absolute Gasteiger partial charge is 0.373 e. The Morgan fingerprint density at radius 3 is 2.31 bits per heavy atom. The quantitative estimate of drug-likeness (QED) is 0.654. The van der Waals surface area contributed by atoms with Gasteiger partial charge in [0.15, 0.2) is 0 Å². The zero-order chi connectivity index (χ0) is 12.0. The summed E-state index contributed by atoms with van der Waals surface area (Å²) in [5, 5.41) is 0. The molecule has 1 aromatic carbocycles. The predicted octanol–water partition coefficient (Wildman–Crippen LogP) is 4.05. The fourth-order valence-corrected chi connectivity index (χ4v) is 1.85. The molecule has 0 spiro atoms. The van der Waals surface area contributed by atoms with Crippen molar-refractivity contribution in [2.24, 2.45) is 11.8 Å². The zero-order valence-corrected chi connectivity index (χ0v) is 10.5. The number of hydrogen-bond acceptors (Lipinski definition) is 1. The van der Waals surface area contributed by atoms with Gasteiger partial charge >= 0.3 is 0 Å². The Bertz CT molecular complexity index is 302. The van der Waals surface area contributed by atoms with E-state index in [2.05, 4.69) is 39.5 Å².